The molecule has 0 bridgehead atoms. The van der Waals surface area contributed by atoms with Crippen LogP contribution in [0.4, 0.5) is 5.69 Å². The Labute approximate surface area is 159 Å². The van der Waals surface area contributed by atoms with Crippen LogP contribution < -0.4 is 4.74 Å². The van der Waals surface area contributed by atoms with Crippen molar-refractivity contribution in [3.63, 3.8) is 0 Å². The van der Waals surface area contributed by atoms with Crippen LogP contribution in [0.3, 0.4) is 0 Å². The van der Waals surface area contributed by atoms with Gasteiger partial charge in [0, 0.05) is 30.5 Å². The molecule has 0 N–H and O–H groups in total. The van der Waals surface area contributed by atoms with E-state index in [1.165, 1.54) is 11.5 Å². The second-order valence-electron chi connectivity index (χ2n) is 7.19. The first kappa shape index (κ1) is 18.4. The Morgan fingerprint density at radius 1 is 1.38 bits per heavy atom. The third-order valence-electron chi connectivity index (χ3n) is 4.93. The number of hydrogen-bond donors (Lipinski definition) is 0. The predicted octanol–water partition coefficient (Wildman–Crippen LogP) is 5.09. The first-order chi connectivity index (χ1) is 12.4. The number of nitriles is 1. The zero-order valence-corrected chi connectivity index (χ0v) is 16.8. The minimum Gasteiger partial charge on any atom is -0.443 e. The predicted molar refractivity (Wildman–Crippen MR) is 106 cm³/mol. The molecule has 26 heavy (non-hydrogen) atoms. The monoisotopic (exact) mass is 368 g/mol. The van der Waals surface area contributed by atoms with Gasteiger partial charge in [0.05, 0.1) is 17.7 Å². The zero-order valence-electron chi connectivity index (χ0n) is 16.0. The summed E-state index contributed by atoms with van der Waals surface area (Å²) in [5.41, 5.74) is 4.46. The Kier molecular flexibility index (Phi) is 5.01. The molecule has 1 aromatic heterocycles. The second kappa shape index (κ2) is 7.08. The topological polar surface area (TPSA) is 61.5 Å². The number of ether oxygens (including phenoxy) is 1. The molecule has 0 amide bonds. The number of benzene rings is 1. The molecule has 2 aromatic rings. The molecule has 136 valence electrons. The van der Waals surface area contributed by atoms with Gasteiger partial charge in [-0.15, -0.1) is 0 Å². The van der Waals surface area contributed by atoms with Gasteiger partial charge in [0.25, 0.3) is 0 Å². The van der Waals surface area contributed by atoms with Gasteiger partial charge in [-0.3, -0.25) is 0 Å². The summed E-state index contributed by atoms with van der Waals surface area (Å²) in [6.07, 6.45) is 4.01. The Hall–Kier alpha value is -2.39. The fourth-order valence-corrected chi connectivity index (χ4v) is 3.49. The lowest BCUT2D eigenvalue weighted by Gasteiger charge is -2.12. The molecular weight excluding hydrogens is 344 g/mol. The first-order valence-corrected chi connectivity index (χ1v) is 9.59. The number of aryl methyl sites for hydroxylation is 2. The quantitative estimate of drug-likeness (QED) is 0.526. The lowest BCUT2D eigenvalue weighted by Crippen LogP contribution is -2.14. The summed E-state index contributed by atoms with van der Waals surface area (Å²) in [6, 6.07) is 6.28. The minimum atomic E-state index is 0.0536. The van der Waals surface area contributed by atoms with Crippen molar-refractivity contribution in [3.8, 4) is 16.9 Å². The Balaban J connectivity index is 1.87. The van der Waals surface area contributed by atoms with E-state index in [1.54, 1.807) is 0 Å². The second-order valence-corrected chi connectivity index (χ2v) is 7.93. The first-order valence-electron chi connectivity index (χ1n) is 8.81. The lowest BCUT2D eigenvalue weighted by atomic mass is 10.0. The van der Waals surface area contributed by atoms with Gasteiger partial charge < -0.3 is 9.64 Å². The van der Waals surface area contributed by atoms with E-state index in [1.807, 2.05) is 44.3 Å². The molecule has 1 fully saturated rings. The van der Waals surface area contributed by atoms with Crippen molar-refractivity contribution in [1.82, 2.24) is 9.27 Å². The molecule has 1 saturated carbocycles. The van der Waals surface area contributed by atoms with Gasteiger partial charge in [-0.25, -0.2) is 4.99 Å². The standard InChI is InChI=1S/C20H24N4OS/c1-6-24(5)12-22-16-9-14(3)17(10-13(16)2)25-19-15(11-21)18(23-26-19)20(4)7-8-20/h9-10,12H,6-8H2,1-5H3/b22-12-. The van der Waals surface area contributed by atoms with Crippen LogP contribution in [0.25, 0.3) is 0 Å². The number of nitrogens with zero attached hydrogens (tertiary/aromatic N) is 4. The highest BCUT2D eigenvalue weighted by Crippen LogP contribution is 2.51. The molecule has 3 rings (SSSR count). The van der Waals surface area contributed by atoms with Crippen molar-refractivity contribution < 1.29 is 4.74 Å². The highest BCUT2D eigenvalue weighted by molar-refractivity contribution is 7.08. The number of aromatic nitrogens is 1. The van der Waals surface area contributed by atoms with Gasteiger partial charge in [0.2, 0.25) is 5.06 Å². The Morgan fingerprint density at radius 3 is 2.73 bits per heavy atom. The summed E-state index contributed by atoms with van der Waals surface area (Å²) in [7, 11) is 1.99. The lowest BCUT2D eigenvalue weighted by molar-refractivity contribution is 0.490. The Bertz CT molecular complexity index is 890. The van der Waals surface area contributed by atoms with Crippen molar-refractivity contribution in [3.05, 3.63) is 34.5 Å². The van der Waals surface area contributed by atoms with Gasteiger partial charge in [0.15, 0.2) is 0 Å². The van der Waals surface area contributed by atoms with E-state index in [4.69, 9.17) is 4.74 Å². The number of aliphatic imine (C=N–C) groups is 1. The molecule has 0 atom stereocenters. The normalized spacial score (nSPS) is 15.1. The van der Waals surface area contributed by atoms with E-state index in [0.29, 0.717) is 10.6 Å². The third-order valence-corrected chi connectivity index (χ3v) is 5.66. The summed E-state index contributed by atoms with van der Waals surface area (Å²) >= 11 is 1.27. The molecule has 0 spiro atoms. The molecule has 0 unspecified atom stereocenters. The van der Waals surface area contributed by atoms with Crippen LogP contribution in [0.2, 0.25) is 0 Å². The van der Waals surface area contributed by atoms with Crippen LogP contribution in [-0.4, -0.2) is 29.2 Å². The van der Waals surface area contributed by atoms with Crippen LogP contribution in [0, 0.1) is 25.2 Å². The van der Waals surface area contributed by atoms with Gasteiger partial charge in [-0.2, -0.15) is 9.64 Å². The molecule has 0 aliphatic heterocycles. The summed E-state index contributed by atoms with van der Waals surface area (Å²) in [4.78, 5) is 6.57. The van der Waals surface area contributed by atoms with Crippen molar-refractivity contribution in [2.24, 2.45) is 4.99 Å². The van der Waals surface area contributed by atoms with E-state index < -0.39 is 0 Å². The van der Waals surface area contributed by atoms with E-state index in [2.05, 4.69) is 29.3 Å². The highest BCUT2D eigenvalue weighted by atomic mass is 32.1. The fraction of sp³-hybridized carbons (Fsp3) is 0.450. The van der Waals surface area contributed by atoms with E-state index in [9.17, 15) is 5.26 Å². The largest absolute Gasteiger partial charge is 0.443 e. The zero-order chi connectivity index (χ0) is 18.9. The SMILES string of the molecule is CCN(C)/C=N\c1cc(C)c(Oc2snc(C3(C)CC3)c2C#N)cc1C. The fourth-order valence-electron chi connectivity index (χ4n) is 2.65. The van der Waals surface area contributed by atoms with Crippen molar-refractivity contribution >= 4 is 23.6 Å². The molecule has 6 heteroatoms. The summed E-state index contributed by atoms with van der Waals surface area (Å²) < 4.78 is 10.6. The maximum Gasteiger partial charge on any atom is 0.218 e. The average molecular weight is 369 g/mol. The van der Waals surface area contributed by atoms with Crippen LogP contribution in [-0.2, 0) is 5.41 Å². The van der Waals surface area contributed by atoms with Gasteiger partial charge in [0.1, 0.15) is 17.4 Å². The van der Waals surface area contributed by atoms with Gasteiger partial charge >= 0.3 is 0 Å². The Morgan fingerprint density at radius 2 is 2.12 bits per heavy atom. The highest BCUT2D eigenvalue weighted by Gasteiger charge is 2.44. The van der Waals surface area contributed by atoms with Crippen LogP contribution >= 0.6 is 11.5 Å². The molecule has 1 aliphatic rings. The maximum absolute atomic E-state index is 9.58. The van der Waals surface area contributed by atoms with Gasteiger partial charge in [-0.1, -0.05) is 6.92 Å². The van der Waals surface area contributed by atoms with Crippen molar-refractivity contribution in [2.75, 3.05) is 13.6 Å². The molecular formula is C20H24N4OS. The summed E-state index contributed by atoms with van der Waals surface area (Å²) in [5.74, 6) is 0.748. The van der Waals surface area contributed by atoms with Crippen molar-refractivity contribution in [1.29, 1.82) is 5.26 Å². The molecule has 5 nitrogen and oxygen atoms in total. The van der Waals surface area contributed by atoms with Crippen molar-refractivity contribution in [2.45, 2.75) is 46.0 Å². The van der Waals surface area contributed by atoms with E-state index >= 15 is 0 Å². The maximum atomic E-state index is 9.58. The average Bonchev–Trinajstić information content (AvgIpc) is 3.23. The van der Waals surface area contributed by atoms with Crippen LogP contribution in [0.1, 0.15) is 49.1 Å². The summed E-state index contributed by atoms with van der Waals surface area (Å²) in [6.45, 7) is 9.15. The van der Waals surface area contributed by atoms with E-state index in [-0.39, 0.29) is 5.41 Å². The molecule has 0 radical (unpaired) electrons. The van der Waals surface area contributed by atoms with E-state index in [0.717, 1.165) is 47.6 Å². The third kappa shape index (κ3) is 3.58. The smallest absolute Gasteiger partial charge is 0.218 e. The van der Waals surface area contributed by atoms with Crippen LogP contribution in [0.15, 0.2) is 17.1 Å². The van der Waals surface area contributed by atoms with Crippen LogP contribution in [0.5, 0.6) is 10.8 Å². The molecule has 0 saturated heterocycles. The molecule has 1 aliphatic carbocycles. The molecule has 1 aromatic carbocycles. The number of hydrogen-bond acceptors (Lipinski definition) is 5. The minimum absolute atomic E-state index is 0.0536. The number of rotatable bonds is 6. The van der Waals surface area contributed by atoms with Gasteiger partial charge in [-0.05, 0) is 56.9 Å². The summed E-state index contributed by atoms with van der Waals surface area (Å²) in [5, 5.41) is 10.2. The molecule has 1 heterocycles.